The fraction of sp³-hybridized carbons (Fsp3) is 0.571. The fourth-order valence-electron chi connectivity index (χ4n) is 2.61. The first-order chi connectivity index (χ1) is 8.13. The number of aliphatic hydroxyl groups is 1. The monoisotopic (exact) mass is 240 g/mol. The zero-order valence-electron chi connectivity index (χ0n) is 10.0. The molecule has 0 unspecified atom stereocenters. The van der Waals surface area contributed by atoms with Crippen molar-refractivity contribution in [1.82, 2.24) is 0 Å². The maximum absolute atomic E-state index is 13.8. The third-order valence-corrected chi connectivity index (χ3v) is 3.82. The first kappa shape index (κ1) is 12.5. The molecule has 0 atom stereocenters. The van der Waals surface area contributed by atoms with Crippen molar-refractivity contribution >= 4 is 0 Å². The molecule has 0 aliphatic heterocycles. The van der Waals surface area contributed by atoms with Crippen LogP contribution in [0.3, 0.4) is 0 Å². The molecule has 1 aromatic rings. The second kappa shape index (κ2) is 5.13. The van der Waals surface area contributed by atoms with Crippen LogP contribution < -0.4 is 0 Å². The van der Waals surface area contributed by atoms with Crippen molar-refractivity contribution in [3.05, 3.63) is 34.9 Å². The van der Waals surface area contributed by atoms with Crippen LogP contribution in [-0.4, -0.2) is 5.11 Å². The van der Waals surface area contributed by atoms with Crippen LogP contribution in [0.1, 0.15) is 49.7 Å². The summed E-state index contributed by atoms with van der Waals surface area (Å²) in [5.74, 6) is -0.830. The molecule has 0 amide bonds. The summed E-state index contributed by atoms with van der Waals surface area (Å²) in [4.78, 5) is 0. The largest absolute Gasteiger partial charge is 0.392 e. The number of aliphatic hydroxyl groups excluding tert-OH is 1. The number of halogens is 2. The van der Waals surface area contributed by atoms with Crippen LogP contribution in [0, 0.1) is 17.6 Å². The van der Waals surface area contributed by atoms with Crippen molar-refractivity contribution in [2.75, 3.05) is 0 Å². The molecule has 17 heavy (non-hydrogen) atoms. The van der Waals surface area contributed by atoms with Crippen LogP contribution in [0.5, 0.6) is 0 Å². The molecule has 0 saturated heterocycles. The molecule has 1 aliphatic rings. The van der Waals surface area contributed by atoms with E-state index in [-0.39, 0.29) is 11.5 Å². The van der Waals surface area contributed by atoms with Crippen molar-refractivity contribution in [2.45, 2.75) is 45.1 Å². The van der Waals surface area contributed by atoms with E-state index in [1.54, 1.807) is 6.07 Å². The van der Waals surface area contributed by atoms with Gasteiger partial charge in [0.2, 0.25) is 0 Å². The summed E-state index contributed by atoms with van der Waals surface area (Å²) >= 11 is 0. The summed E-state index contributed by atoms with van der Waals surface area (Å²) < 4.78 is 27.4. The number of benzene rings is 1. The SMILES string of the molecule is CC1CCC(c2ccc(CO)c(F)c2F)CC1. The Bertz CT molecular complexity index is 395. The lowest BCUT2D eigenvalue weighted by atomic mass is 9.79. The molecule has 94 valence electrons. The minimum atomic E-state index is -0.886. The van der Waals surface area contributed by atoms with Crippen molar-refractivity contribution in [2.24, 2.45) is 5.92 Å². The van der Waals surface area contributed by atoms with Crippen molar-refractivity contribution in [1.29, 1.82) is 0 Å². The first-order valence-corrected chi connectivity index (χ1v) is 6.21. The van der Waals surface area contributed by atoms with Gasteiger partial charge in [0.05, 0.1) is 6.61 Å². The molecule has 1 N–H and O–H groups in total. The number of hydrogen-bond acceptors (Lipinski definition) is 1. The molecule has 0 spiro atoms. The Morgan fingerprint density at radius 2 is 1.76 bits per heavy atom. The Morgan fingerprint density at radius 1 is 1.12 bits per heavy atom. The Kier molecular flexibility index (Phi) is 3.77. The maximum Gasteiger partial charge on any atom is 0.164 e. The lowest BCUT2D eigenvalue weighted by Gasteiger charge is -2.27. The highest BCUT2D eigenvalue weighted by molar-refractivity contribution is 5.29. The molecular weight excluding hydrogens is 222 g/mol. The standard InChI is InChI=1S/C14H18F2O/c1-9-2-4-10(5-3-9)12-7-6-11(8-17)13(15)14(12)16/h6-7,9-10,17H,2-5,8H2,1H3. The zero-order valence-corrected chi connectivity index (χ0v) is 10.0. The van der Waals surface area contributed by atoms with E-state index in [1.807, 2.05) is 0 Å². The summed E-state index contributed by atoms with van der Waals surface area (Å²) in [6.07, 6.45) is 4.01. The van der Waals surface area contributed by atoms with E-state index in [0.29, 0.717) is 11.5 Å². The van der Waals surface area contributed by atoms with Crippen molar-refractivity contribution < 1.29 is 13.9 Å². The van der Waals surface area contributed by atoms with Gasteiger partial charge in [-0.05, 0) is 30.2 Å². The third kappa shape index (κ3) is 2.49. The lowest BCUT2D eigenvalue weighted by molar-refractivity contribution is 0.272. The van der Waals surface area contributed by atoms with Gasteiger partial charge in [0, 0.05) is 5.56 Å². The normalized spacial score (nSPS) is 24.9. The van der Waals surface area contributed by atoms with Gasteiger partial charge in [0.15, 0.2) is 11.6 Å². The van der Waals surface area contributed by atoms with E-state index in [9.17, 15) is 8.78 Å². The van der Waals surface area contributed by atoms with Gasteiger partial charge in [0.25, 0.3) is 0 Å². The van der Waals surface area contributed by atoms with Gasteiger partial charge >= 0.3 is 0 Å². The van der Waals surface area contributed by atoms with Crippen LogP contribution in [0.2, 0.25) is 0 Å². The van der Waals surface area contributed by atoms with Crippen LogP contribution in [-0.2, 0) is 6.61 Å². The van der Waals surface area contributed by atoms with Gasteiger partial charge in [-0.25, -0.2) is 8.78 Å². The van der Waals surface area contributed by atoms with E-state index < -0.39 is 18.2 Å². The summed E-state index contributed by atoms with van der Waals surface area (Å²) in [7, 11) is 0. The summed E-state index contributed by atoms with van der Waals surface area (Å²) in [5, 5.41) is 8.87. The second-order valence-electron chi connectivity index (χ2n) is 5.06. The predicted molar refractivity (Wildman–Crippen MR) is 62.7 cm³/mol. The Hall–Kier alpha value is -0.960. The molecule has 1 fully saturated rings. The fourth-order valence-corrected chi connectivity index (χ4v) is 2.61. The molecule has 1 nitrogen and oxygen atoms in total. The molecule has 0 heterocycles. The average molecular weight is 240 g/mol. The highest BCUT2D eigenvalue weighted by Crippen LogP contribution is 2.37. The number of hydrogen-bond donors (Lipinski definition) is 1. The topological polar surface area (TPSA) is 20.2 Å². The second-order valence-corrected chi connectivity index (χ2v) is 5.06. The molecule has 1 aliphatic carbocycles. The van der Waals surface area contributed by atoms with Crippen LogP contribution >= 0.6 is 0 Å². The van der Waals surface area contributed by atoms with E-state index in [1.165, 1.54) is 6.07 Å². The first-order valence-electron chi connectivity index (χ1n) is 6.21. The van der Waals surface area contributed by atoms with Gasteiger partial charge in [0.1, 0.15) is 0 Å². The predicted octanol–water partition coefficient (Wildman–Crippen LogP) is 3.75. The van der Waals surface area contributed by atoms with E-state index in [4.69, 9.17) is 5.11 Å². The van der Waals surface area contributed by atoms with Crippen molar-refractivity contribution in [3.8, 4) is 0 Å². The van der Waals surface area contributed by atoms with Gasteiger partial charge in [-0.15, -0.1) is 0 Å². The highest BCUT2D eigenvalue weighted by atomic mass is 19.2. The Balaban J connectivity index is 2.24. The van der Waals surface area contributed by atoms with Gasteiger partial charge in [-0.1, -0.05) is 31.9 Å². The Labute approximate surface area is 100 Å². The highest BCUT2D eigenvalue weighted by Gasteiger charge is 2.24. The van der Waals surface area contributed by atoms with Crippen LogP contribution in [0.15, 0.2) is 12.1 Å². The molecular formula is C14H18F2O. The summed E-state index contributed by atoms with van der Waals surface area (Å²) in [6, 6.07) is 3.12. The summed E-state index contributed by atoms with van der Waals surface area (Å²) in [5.41, 5.74) is 0.516. The zero-order chi connectivity index (χ0) is 12.4. The van der Waals surface area contributed by atoms with E-state index in [2.05, 4.69) is 6.92 Å². The molecule has 0 bridgehead atoms. The molecule has 1 aromatic carbocycles. The smallest absolute Gasteiger partial charge is 0.164 e. The molecule has 3 heteroatoms. The van der Waals surface area contributed by atoms with Gasteiger partial charge in [-0.2, -0.15) is 0 Å². The molecule has 1 saturated carbocycles. The maximum atomic E-state index is 13.8. The van der Waals surface area contributed by atoms with E-state index in [0.717, 1.165) is 25.7 Å². The van der Waals surface area contributed by atoms with Gasteiger partial charge in [-0.3, -0.25) is 0 Å². The molecule has 0 aromatic heterocycles. The minimum absolute atomic E-state index is 0.0374. The average Bonchev–Trinajstić information content (AvgIpc) is 2.34. The Morgan fingerprint density at radius 3 is 2.35 bits per heavy atom. The third-order valence-electron chi connectivity index (χ3n) is 3.82. The minimum Gasteiger partial charge on any atom is -0.392 e. The van der Waals surface area contributed by atoms with Crippen molar-refractivity contribution in [3.63, 3.8) is 0 Å². The van der Waals surface area contributed by atoms with Crippen LogP contribution in [0.4, 0.5) is 8.78 Å². The van der Waals surface area contributed by atoms with Gasteiger partial charge < -0.3 is 5.11 Å². The molecule has 2 rings (SSSR count). The van der Waals surface area contributed by atoms with Crippen LogP contribution in [0.25, 0.3) is 0 Å². The number of rotatable bonds is 2. The summed E-state index contributed by atoms with van der Waals surface area (Å²) in [6.45, 7) is 1.74. The van der Waals surface area contributed by atoms with E-state index >= 15 is 0 Å². The molecule has 0 radical (unpaired) electrons. The quantitative estimate of drug-likeness (QED) is 0.834. The lowest BCUT2D eigenvalue weighted by Crippen LogP contribution is -2.13.